The van der Waals surface area contributed by atoms with Gasteiger partial charge in [0.05, 0.1) is 5.69 Å². The highest BCUT2D eigenvalue weighted by molar-refractivity contribution is 6.82. The van der Waals surface area contributed by atoms with Gasteiger partial charge in [0, 0.05) is 0 Å². The van der Waals surface area contributed by atoms with E-state index in [9.17, 15) is 0 Å². The Morgan fingerprint density at radius 2 is 2.30 bits per heavy atom. The van der Waals surface area contributed by atoms with E-state index in [0.717, 1.165) is 5.69 Å². The average Bonchev–Trinajstić information content (AvgIpc) is 2.33. The topological polar surface area (TPSA) is 12.4 Å². The Balaban J connectivity index is 2.59. The molecule has 0 aromatic heterocycles. The Morgan fingerprint density at radius 1 is 1.40 bits per heavy atom. The van der Waals surface area contributed by atoms with Crippen molar-refractivity contribution >= 4 is 24.5 Å². The van der Waals surface area contributed by atoms with Gasteiger partial charge in [-0.3, -0.25) is 4.99 Å². The Labute approximate surface area is 61.0 Å². The molecule has 1 aromatic carbocycles. The molecule has 0 atom stereocenters. The maximum Gasteiger partial charge on any atom is 0.209 e. The molecule has 2 rings (SSSR count). The zero-order valence-corrected chi connectivity index (χ0v) is 5.83. The Kier molecular flexibility index (Phi) is 1.13. The fraction of sp³-hybridized carbons (Fsp3) is 0.125. The van der Waals surface area contributed by atoms with Crippen LogP contribution in [0.1, 0.15) is 5.56 Å². The fourth-order valence-electron chi connectivity index (χ4n) is 1.12. The Morgan fingerprint density at radius 3 is 3.20 bits per heavy atom. The molecule has 0 N–H and O–H groups in total. The first kappa shape index (κ1) is 5.72. The fourth-order valence-corrected chi connectivity index (χ4v) is 1.12. The Bertz CT molecular complexity index is 291. The maximum atomic E-state index is 4.16. The quantitative estimate of drug-likeness (QED) is 0.462. The van der Waals surface area contributed by atoms with Crippen LogP contribution in [0.5, 0.6) is 0 Å². The van der Waals surface area contributed by atoms with Gasteiger partial charge in [0.1, 0.15) is 0 Å². The van der Waals surface area contributed by atoms with Crippen molar-refractivity contribution in [3.05, 3.63) is 23.8 Å². The number of rotatable bonds is 0. The standard InChI is InChI=1S/C8H7BN/c1-6-2-3-8-7(4-6)9-5-10-8/h2-5H,1H3. The molecule has 1 aliphatic heterocycles. The normalized spacial score (nSPS) is 12.9. The third-order valence-electron chi connectivity index (χ3n) is 1.65. The second kappa shape index (κ2) is 1.98. The van der Waals surface area contributed by atoms with E-state index in [2.05, 4.69) is 24.0 Å². The zero-order chi connectivity index (χ0) is 6.97. The summed E-state index contributed by atoms with van der Waals surface area (Å²) >= 11 is 0. The van der Waals surface area contributed by atoms with Gasteiger partial charge in [0.15, 0.2) is 0 Å². The van der Waals surface area contributed by atoms with E-state index in [1.165, 1.54) is 11.0 Å². The van der Waals surface area contributed by atoms with Gasteiger partial charge in [-0.15, -0.1) is 0 Å². The molecular formula is C8H7BN. The maximum absolute atomic E-state index is 4.16. The van der Waals surface area contributed by atoms with Crippen molar-refractivity contribution < 1.29 is 0 Å². The van der Waals surface area contributed by atoms with Crippen LogP contribution in [-0.2, 0) is 0 Å². The number of hydrogen-bond acceptors (Lipinski definition) is 1. The van der Waals surface area contributed by atoms with E-state index in [4.69, 9.17) is 0 Å². The van der Waals surface area contributed by atoms with Crippen LogP contribution in [0.25, 0.3) is 0 Å². The predicted octanol–water partition coefficient (Wildman–Crippen LogP) is 0.998. The minimum absolute atomic E-state index is 1.09. The second-order valence-corrected chi connectivity index (χ2v) is 2.51. The van der Waals surface area contributed by atoms with Gasteiger partial charge in [-0.2, -0.15) is 0 Å². The number of nitrogens with zero attached hydrogens (tertiary/aromatic N) is 1. The molecule has 2 heteroatoms. The summed E-state index contributed by atoms with van der Waals surface area (Å²) in [6.07, 6.45) is 1.84. The van der Waals surface area contributed by atoms with Crippen LogP contribution < -0.4 is 5.46 Å². The van der Waals surface area contributed by atoms with Gasteiger partial charge in [0.2, 0.25) is 7.28 Å². The van der Waals surface area contributed by atoms with Crippen molar-refractivity contribution in [3.8, 4) is 0 Å². The Hall–Kier alpha value is -1.05. The summed E-state index contributed by atoms with van der Waals surface area (Å²) in [5, 5.41) is 0. The largest absolute Gasteiger partial charge is 0.272 e. The lowest BCUT2D eigenvalue weighted by Crippen LogP contribution is -2.10. The summed E-state index contributed by atoms with van der Waals surface area (Å²) in [5.74, 6) is 0. The molecule has 1 heterocycles. The first-order chi connectivity index (χ1) is 4.86. The van der Waals surface area contributed by atoms with Gasteiger partial charge >= 0.3 is 0 Å². The molecule has 0 spiro atoms. The summed E-state index contributed by atoms with van der Waals surface area (Å²) in [6.45, 7) is 2.09. The first-order valence-electron chi connectivity index (χ1n) is 3.34. The second-order valence-electron chi connectivity index (χ2n) is 2.51. The summed E-state index contributed by atoms with van der Waals surface area (Å²) in [4.78, 5) is 4.16. The summed E-state index contributed by atoms with van der Waals surface area (Å²) in [6, 6.07) is 6.27. The number of aryl methyl sites for hydroxylation is 1. The number of benzene rings is 1. The summed E-state index contributed by atoms with van der Waals surface area (Å²) in [5.41, 5.74) is 3.62. The van der Waals surface area contributed by atoms with Crippen molar-refractivity contribution in [2.24, 2.45) is 4.99 Å². The van der Waals surface area contributed by atoms with E-state index >= 15 is 0 Å². The highest BCUT2D eigenvalue weighted by atomic mass is 14.7. The molecule has 0 aliphatic carbocycles. The lowest BCUT2D eigenvalue weighted by atomic mass is 9.73. The molecule has 0 saturated carbocycles. The molecule has 1 aromatic rings. The van der Waals surface area contributed by atoms with Crippen molar-refractivity contribution in [1.29, 1.82) is 0 Å². The van der Waals surface area contributed by atoms with Crippen LogP contribution in [0, 0.1) is 6.92 Å². The van der Waals surface area contributed by atoms with Crippen LogP contribution in [0.2, 0.25) is 0 Å². The summed E-state index contributed by atoms with van der Waals surface area (Å²) in [7, 11) is 2.03. The van der Waals surface area contributed by atoms with Crippen molar-refractivity contribution in [2.75, 3.05) is 0 Å². The van der Waals surface area contributed by atoms with Crippen LogP contribution in [0.4, 0.5) is 5.69 Å². The van der Waals surface area contributed by atoms with E-state index in [-0.39, 0.29) is 0 Å². The smallest absolute Gasteiger partial charge is 0.209 e. The molecule has 0 amide bonds. The summed E-state index contributed by atoms with van der Waals surface area (Å²) < 4.78 is 0. The molecular weight excluding hydrogens is 121 g/mol. The van der Waals surface area contributed by atoms with Gasteiger partial charge < -0.3 is 0 Å². The minimum atomic E-state index is 1.09. The van der Waals surface area contributed by atoms with Gasteiger partial charge in [-0.05, 0) is 19.1 Å². The highest BCUT2D eigenvalue weighted by Gasteiger charge is 2.05. The molecule has 1 nitrogen and oxygen atoms in total. The first-order valence-corrected chi connectivity index (χ1v) is 3.34. The number of fused-ring (bicyclic) bond motifs is 1. The van der Waals surface area contributed by atoms with Crippen molar-refractivity contribution in [2.45, 2.75) is 6.92 Å². The third-order valence-corrected chi connectivity index (χ3v) is 1.65. The molecule has 0 fully saturated rings. The van der Waals surface area contributed by atoms with Crippen molar-refractivity contribution in [3.63, 3.8) is 0 Å². The zero-order valence-electron chi connectivity index (χ0n) is 5.83. The minimum Gasteiger partial charge on any atom is -0.272 e. The third kappa shape index (κ3) is 0.765. The number of aliphatic imine (C=N–C) groups is 1. The number of hydrogen-bond donors (Lipinski definition) is 0. The van der Waals surface area contributed by atoms with Crippen LogP contribution in [-0.4, -0.2) is 13.4 Å². The monoisotopic (exact) mass is 128 g/mol. The molecule has 1 radical (unpaired) electrons. The lowest BCUT2D eigenvalue weighted by molar-refractivity contribution is 1.47. The highest BCUT2D eigenvalue weighted by Crippen LogP contribution is 2.11. The molecule has 0 saturated heterocycles. The molecule has 10 heavy (non-hydrogen) atoms. The van der Waals surface area contributed by atoms with Crippen LogP contribution in [0.15, 0.2) is 23.2 Å². The van der Waals surface area contributed by atoms with Crippen LogP contribution in [0.3, 0.4) is 0 Å². The average molecular weight is 128 g/mol. The van der Waals surface area contributed by atoms with E-state index in [1.54, 1.807) is 0 Å². The lowest BCUT2D eigenvalue weighted by Gasteiger charge is -1.96. The SMILES string of the molecule is Cc1ccc2c(c1)[B]C=N2. The van der Waals surface area contributed by atoms with Gasteiger partial charge in [0.25, 0.3) is 0 Å². The van der Waals surface area contributed by atoms with E-state index in [0.29, 0.717) is 0 Å². The van der Waals surface area contributed by atoms with E-state index < -0.39 is 0 Å². The van der Waals surface area contributed by atoms with E-state index in [1.807, 2.05) is 19.5 Å². The van der Waals surface area contributed by atoms with Crippen LogP contribution >= 0.6 is 0 Å². The van der Waals surface area contributed by atoms with Gasteiger partial charge in [-0.1, -0.05) is 23.2 Å². The molecule has 47 valence electrons. The predicted molar refractivity (Wildman–Crippen MR) is 44.7 cm³/mol. The molecule has 0 bridgehead atoms. The van der Waals surface area contributed by atoms with Crippen molar-refractivity contribution in [1.82, 2.24) is 0 Å². The molecule has 0 unspecified atom stereocenters. The molecule has 1 aliphatic rings. The van der Waals surface area contributed by atoms with Gasteiger partial charge in [-0.25, -0.2) is 0 Å².